The summed E-state index contributed by atoms with van der Waals surface area (Å²) in [5.74, 6) is -2.37. The standard InChI is InChI=1S/C57H70N8O15S/c1-34(2)54(63-49(68)11-6-5-7-23-65-51(70)19-20-52(65)71)56(75)62-40(10-8-22-59-57(58)76)55(74)61-39-14-12-35(13-15-39)31-60-48(67)17-18-50(69)64-32-37-27-42(77-3)45(28-38(37)33-64)80-25-9-24-79-44-26-36-29-47(41(66)16-21-53(72)73)81-46(36)30-43(44)78-4/h12-15,19-20,26-30,34,40,54H,5-11,16-18,21-25,31-33H2,1-4H3,(H,60,67)(H,61,74)(H,62,75)(H,63,68)(H,72,73)(H3,58,59,76)/t40-,54-/m0/s1. The number of nitrogens with one attached hydrogen (secondary N) is 5. The van der Waals surface area contributed by atoms with Gasteiger partial charge in [-0.25, -0.2) is 4.79 Å². The van der Waals surface area contributed by atoms with Gasteiger partial charge in [0.2, 0.25) is 29.5 Å². The Balaban J connectivity index is 0.914. The van der Waals surface area contributed by atoms with Crippen LogP contribution < -0.4 is 51.3 Å². The quantitative estimate of drug-likeness (QED) is 0.0182. The van der Waals surface area contributed by atoms with Crippen molar-refractivity contribution in [3.8, 4) is 23.0 Å². The lowest BCUT2D eigenvalue weighted by atomic mass is 10.0. The molecule has 2 atom stereocenters. The number of imide groups is 1. The largest absolute Gasteiger partial charge is 0.493 e. The summed E-state index contributed by atoms with van der Waals surface area (Å²) < 4.78 is 24.1. The minimum absolute atomic E-state index is 0.0187. The molecular weight excluding hydrogens is 1070 g/mol. The molecule has 23 nitrogen and oxygen atoms in total. The van der Waals surface area contributed by atoms with Crippen LogP contribution in [0.2, 0.25) is 0 Å². The van der Waals surface area contributed by atoms with Crippen LogP contribution in [0.3, 0.4) is 0 Å². The van der Waals surface area contributed by atoms with E-state index in [0.29, 0.717) is 77.9 Å². The van der Waals surface area contributed by atoms with E-state index in [9.17, 15) is 47.9 Å². The summed E-state index contributed by atoms with van der Waals surface area (Å²) in [7, 11) is 3.05. The topological polar surface area (TPSA) is 320 Å². The number of anilines is 1. The summed E-state index contributed by atoms with van der Waals surface area (Å²) in [5.41, 5.74) is 8.12. The summed E-state index contributed by atoms with van der Waals surface area (Å²) in [4.78, 5) is 128. The number of Topliss-reactive ketones (excluding diaryl/α,β-unsaturated/α-hetero) is 1. The number of benzene rings is 3. The van der Waals surface area contributed by atoms with Crippen molar-refractivity contribution < 1.29 is 72.0 Å². The Labute approximate surface area is 472 Å². The van der Waals surface area contributed by atoms with Gasteiger partial charge in [0.05, 0.1) is 38.7 Å². The zero-order chi connectivity index (χ0) is 58.6. The SMILES string of the molecule is COc1cc2c(cc1OCCCOc1cc3cc(C(=O)CCC(=O)O)sc3cc1OC)CN(C(=O)CCC(=O)NCc1ccc(NC(=O)[C@H](CCCNC(N)=O)NC(=O)[C@@H](NC(=O)CCCCCN3C(=O)C=CC3=O)C(C)C)cc1)C2. The van der Waals surface area contributed by atoms with Gasteiger partial charge in [0, 0.05) is 93.4 Å². The summed E-state index contributed by atoms with van der Waals surface area (Å²) in [6.45, 7) is 5.29. The number of fused-ring (bicyclic) bond motifs is 2. The number of rotatable bonds is 33. The minimum atomic E-state index is -1.06. The van der Waals surface area contributed by atoms with Crippen molar-refractivity contribution in [2.45, 2.75) is 116 Å². The first-order valence-electron chi connectivity index (χ1n) is 26.7. The van der Waals surface area contributed by atoms with Crippen molar-refractivity contribution in [1.29, 1.82) is 0 Å². The average Bonchev–Trinajstić information content (AvgIpc) is 4.21. The minimum Gasteiger partial charge on any atom is -0.493 e. The number of amides is 9. The third-order valence-electron chi connectivity index (χ3n) is 13.3. The number of carbonyl (C=O) groups excluding carboxylic acids is 9. The molecule has 434 valence electrons. The molecule has 2 aliphatic rings. The van der Waals surface area contributed by atoms with Crippen molar-refractivity contribution in [1.82, 2.24) is 31.1 Å². The van der Waals surface area contributed by atoms with Crippen LogP contribution in [-0.4, -0.2) is 127 Å². The maximum atomic E-state index is 13.6. The lowest BCUT2D eigenvalue weighted by molar-refractivity contribution is -0.138. The van der Waals surface area contributed by atoms with Gasteiger partial charge in [-0.15, -0.1) is 11.3 Å². The second-order valence-electron chi connectivity index (χ2n) is 19.8. The highest BCUT2D eigenvalue weighted by molar-refractivity contribution is 7.20. The molecule has 0 unspecified atom stereocenters. The van der Waals surface area contributed by atoms with Crippen LogP contribution in [0.1, 0.15) is 111 Å². The summed E-state index contributed by atoms with van der Waals surface area (Å²) >= 11 is 1.27. The molecule has 0 aliphatic carbocycles. The van der Waals surface area contributed by atoms with Gasteiger partial charge < -0.3 is 61.3 Å². The van der Waals surface area contributed by atoms with E-state index < -0.39 is 35.9 Å². The Morgan fingerprint density at radius 2 is 1.35 bits per heavy atom. The van der Waals surface area contributed by atoms with E-state index >= 15 is 0 Å². The first kappa shape index (κ1) is 61.7. The van der Waals surface area contributed by atoms with Crippen molar-refractivity contribution in [3.63, 3.8) is 0 Å². The number of hydrogen-bond acceptors (Lipinski definition) is 15. The number of nitrogens with two attached hydrogens (primary N) is 1. The summed E-state index contributed by atoms with van der Waals surface area (Å²) in [6.07, 6.45) is 4.62. The molecule has 24 heteroatoms. The molecule has 6 rings (SSSR count). The van der Waals surface area contributed by atoms with Gasteiger partial charge >= 0.3 is 12.0 Å². The molecule has 0 bridgehead atoms. The maximum Gasteiger partial charge on any atom is 0.312 e. The fourth-order valence-corrected chi connectivity index (χ4v) is 9.93. The number of hydrogen-bond donors (Lipinski definition) is 7. The normalized spacial score (nSPS) is 13.3. The lowest BCUT2D eigenvalue weighted by Crippen LogP contribution is -2.54. The number of unbranched alkanes of at least 4 members (excludes halogenated alkanes) is 2. The predicted octanol–water partition coefficient (Wildman–Crippen LogP) is 5.25. The highest BCUT2D eigenvalue weighted by Crippen LogP contribution is 2.38. The van der Waals surface area contributed by atoms with E-state index in [2.05, 4.69) is 26.6 Å². The van der Waals surface area contributed by atoms with Crippen LogP contribution in [0.4, 0.5) is 10.5 Å². The zero-order valence-electron chi connectivity index (χ0n) is 45.9. The van der Waals surface area contributed by atoms with Crippen molar-refractivity contribution >= 4 is 86.2 Å². The average molecular weight is 1140 g/mol. The zero-order valence-corrected chi connectivity index (χ0v) is 46.7. The van der Waals surface area contributed by atoms with E-state index in [1.54, 1.807) is 61.2 Å². The van der Waals surface area contributed by atoms with Gasteiger partial charge in [-0.2, -0.15) is 0 Å². The highest BCUT2D eigenvalue weighted by Gasteiger charge is 2.30. The molecule has 3 aromatic carbocycles. The highest BCUT2D eigenvalue weighted by atomic mass is 32.1. The number of carbonyl (C=O) groups is 10. The molecule has 0 radical (unpaired) electrons. The second kappa shape index (κ2) is 30.2. The molecule has 9 amide bonds. The molecule has 0 saturated carbocycles. The summed E-state index contributed by atoms with van der Waals surface area (Å²) in [6, 6.07) is 12.9. The van der Waals surface area contributed by atoms with E-state index in [1.165, 1.54) is 37.7 Å². The van der Waals surface area contributed by atoms with Gasteiger partial charge in [-0.05, 0) is 90.1 Å². The molecule has 4 aromatic rings. The molecule has 0 spiro atoms. The second-order valence-corrected chi connectivity index (χ2v) is 20.8. The number of nitrogens with zero attached hydrogens (tertiary/aromatic N) is 2. The van der Waals surface area contributed by atoms with Gasteiger partial charge in [0.1, 0.15) is 12.1 Å². The first-order valence-corrected chi connectivity index (χ1v) is 27.6. The number of primary amides is 1. The van der Waals surface area contributed by atoms with E-state index in [0.717, 1.165) is 26.1 Å². The Kier molecular flexibility index (Phi) is 23.0. The van der Waals surface area contributed by atoms with Crippen LogP contribution in [0.25, 0.3) is 10.1 Å². The predicted molar refractivity (Wildman–Crippen MR) is 298 cm³/mol. The van der Waals surface area contributed by atoms with Gasteiger partial charge in [-0.3, -0.25) is 48.1 Å². The van der Waals surface area contributed by atoms with Crippen molar-refractivity contribution in [3.05, 3.63) is 88.3 Å². The number of aliphatic carboxylic acids is 1. The third kappa shape index (κ3) is 18.5. The number of ether oxygens (including phenoxy) is 4. The Bertz CT molecular complexity index is 2980. The smallest absolute Gasteiger partial charge is 0.312 e. The Morgan fingerprint density at radius 3 is 1.99 bits per heavy atom. The van der Waals surface area contributed by atoms with Crippen LogP contribution in [0.15, 0.2) is 66.7 Å². The van der Waals surface area contributed by atoms with Crippen molar-refractivity contribution in [2.75, 3.05) is 45.8 Å². The number of methoxy groups -OCH3 is 2. The molecule has 2 aliphatic heterocycles. The van der Waals surface area contributed by atoms with Gasteiger partial charge in [-0.1, -0.05) is 32.4 Å². The first-order chi connectivity index (χ1) is 38.8. The van der Waals surface area contributed by atoms with Crippen molar-refractivity contribution in [2.24, 2.45) is 11.7 Å². The molecule has 8 N–H and O–H groups in total. The van der Waals surface area contributed by atoms with Crippen LogP contribution in [0.5, 0.6) is 23.0 Å². The van der Waals surface area contributed by atoms with Gasteiger partial charge in [0.25, 0.3) is 11.8 Å². The van der Waals surface area contributed by atoms with E-state index in [1.807, 2.05) is 12.1 Å². The summed E-state index contributed by atoms with van der Waals surface area (Å²) in [5, 5.41) is 23.3. The molecule has 1 aromatic heterocycles. The monoisotopic (exact) mass is 1140 g/mol. The Hall–Kier alpha value is -8.54. The molecule has 3 heterocycles. The van der Waals surface area contributed by atoms with Crippen LogP contribution >= 0.6 is 11.3 Å². The molecule has 0 saturated heterocycles. The molecule has 0 fully saturated rings. The van der Waals surface area contributed by atoms with Gasteiger partial charge in [0.15, 0.2) is 28.8 Å². The molecule has 81 heavy (non-hydrogen) atoms. The molecular formula is C57H70N8O15S. The van der Waals surface area contributed by atoms with E-state index in [4.69, 9.17) is 29.8 Å². The number of urea groups is 1. The third-order valence-corrected chi connectivity index (χ3v) is 14.5. The number of carboxylic acids is 1. The van der Waals surface area contributed by atoms with Crippen LogP contribution in [0, 0.1) is 5.92 Å². The number of ketones is 1. The van der Waals surface area contributed by atoms with E-state index in [-0.39, 0.29) is 119 Å². The maximum absolute atomic E-state index is 13.6. The lowest BCUT2D eigenvalue weighted by Gasteiger charge is -2.25. The fourth-order valence-electron chi connectivity index (χ4n) is 8.89. The number of carboxylic acid groups (broad SMARTS) is 1. The fraction of sp³-hybridized carbons (Fsp3) is 0.439. The number of thiophene rings is 1. The van der Waals surface area contributed by atoms with Crippen LogP contribution in [-0.2, 0) is 58.0 Å². The Morgan fingerprint density at radius 1 is 0.691 bits per heavy atom.